The maximum Gasteiger partial charge on any atom is 0.196 e. The van der Waals surface area contributed by atoms with E-state index in [1.54, 1.807) is 0 Å². The molecule has 0 aromatic heterocycles. The highest BCUT2D eigenvalue weighted by Crippen LogP contribution is 2.37. The van der Waals surface area contributed by atoms with Crippen molar-refractivity contribution in [2.75, 3.05) is 31.6 Å². The first kappa shape index (κ1) is 12.5. The van der Waals surface area contributed by atoms with E-state index in [0.717, 1.165) is 32.5 Å². The lowest BCUT2D eigenvalue weighted by atomic mass is 9.86. The molecule has 102 valence electrons. The van der Waals surface area contributed by atoms with Gasteiger partial charge >= 0.3 is 0 Å². The van der Waals surface area contributed by atoms with Crippen molar-refractivity contribution in [1.82, 2.24) is 4.90 Å². The molecule has 0 radical (unpaired) electrons. The minimum absolute atomic E-state index is 0.0999. The Morgan fingerprint density at radius 1 is 1.21 bits per heavy atom. The molecule has 0 aliphatic carbocycles. The number of anilines is 1. The second-order valence-corrected chi connectivity index (χ2v) is 5.82. The molecule has 1 aromatic carbocycles. The molecule has 0 unspecified atom stereocenters. The van der Waals surface area contributed by atoms with Gasteiger partial charge in [-0.3, -0.25) is 4.99 Å². The zero-order chi connectivity index (χ0) is 13.5. The van der Waals surface area contributed by atoms with Gasteiger partial charge in [-0.15, -0.1) is 0 Å². The lowest BCUT2D eigenvalue weighted by molar-refractivity contribution is 0.202. The van der Waals surface area contributed by atoms with Gasteiger partial charge in [0.05, 0.1) is 12.1 Å². The predicted molar refractivity (Wildman–Crippen MR) is 79.6 cm³/mol. The summed E-state index contributed by atoms with van der Waals surface area (Å²) in [6.07, 6.45) is 2.25. The first-order valence-corrected chi connectivity index (χ1v) is 6.97. The number of nitrogens with zero attached hydrogens (tertiary/aromatic N) is 3. The Balaban J connectivity index is 1.97. The van der Waals surface area contributed by atoms with Gasteiger partial charge in [0.25, 0.3) is 0 Å². The number of rotatable bonds is 1. The molecule has 4 nitrogen and oxygen atoms in total. The van der Waals surface area contributed by atoms with Gasteiger partial charge in [0.1, 0.15) is 0 Å². The molecule has 0 saturated carbocycles. The van der Waals surface area contributed by atoms with Crippen LogP contribution in [0.4, 0.5) is 5.69 Å². The van der Waals surface area contributed by atoms with Gasteiger partial charge in [-0.05, 0) is 38.4 Å². The fourth-order valence-electron chi connectivity index (χ4n) is 3.22. The number of likely N-dealkylation sites (tertiary alicyclic amines) is 1. The van der Waals surface area contributed by atoms with E-state index in [1.165, 1.54) is 11.3 Å². The second-order valence-electron chi connectivity index (χ2n) is 5.82. The second kappa shape index (κ2) is 4.53. The Morgan fingerprint density at radius 2 is 1.89 bits per heavy atom. The number of nitrogens with two attached hydrogens (primary N) is 1. The van der Waals surface area contributed by atoms with Crippen LogP contribution in [-0.4, -0.2) is 43.1 Å². The highest BCUT2D eigenvalue weighted by molar-refractivity contribution is 5.99. The Labute approximate surface area is 114 Å². The van der Waals surface area contributed by atoms with E-state index in [0.29, 0.717) is 5.96 Å². The number of hydrogen-bond donors (Lipinski definition) is 1. The maximum absolute atomic E-state index is 6.18. The summed E-state index contributed by atoms with van der Waals surface area (Å²) in [6.45, 7) is 5.21. The highest BCUT2D eigenvalue weighted by Gasteiger charge is 2.44. The molecular weight excluding hydrogens is 236 g/mol. The van der Waals surface area contributed by atoms with Crippen LogP contribution in [-0.2, 0) is 0 Å². The predicted octanol–water partition coefficient (Wildman–Crippen LogP) is 1.59. The molecular formula is C15H22N4. The molecule has 3 rings (SSSR count). The van der Waals surface area contributed by atoms with Crippen molar-refractivity contribution in [3.8, 4) is 0 Å². The number of guanidine groups is 1. The summed E-state index contributed by atoms with van der Waals surface area (Å²) in [4.78, 5) is 9.21. The van der Waals surface area contributed by atoms with E-state index < -0.39 is 0 Å². The Bertz CT molecular complexity index is 501. The van der Waals surface area contributed by atoms with E-state index >= 15 is 0 Å². The molecule has 1 fully saturated rings. The summed E-state index contributed by atoms with van der Waals surface area (Å²) in [5, 5.41) is 0. The molecule has 2 heterocycles. The number of piperidine rings is 1. The van der Waals surface area contributed by atoms with Crippen molar-refractivity contribution in [2.45, 2.75) is 25.3 Å². The van der Waals surface area contributed by atoms with Crippen molar-refractivity contribution in [3.63, 3.8) is 0 Å². The SMILES string of the molecule is Cc1ccccc1N1C(N)=NCC12CCN(C)CC2. The molecule has 1 saturated heterocycles. The Kier molecular flexibility index (Phi) is 2.97. The van der Waals surface area contributed by atoms with Crippen LogP contribution in [0.2, 0.25) is 0 Å². The van der Waals surface area contributed by atoms with E-state index in [2.05, 4.69) is 53.0 Å². The number of aryl methyl sites for hydroxylation is 1. The quantitative estimate of drug-likeness (QED) is 0.832. The summed E-state index contributed by atoms with van der Waals surface area (Å²) >= 11 is 0. The van der Waals surface area contributed by atoms with E-state index in [9.17, 15) is 0 Å². The van der Waals surface area contributed by atoms with Gasteiger partial charge in [0.15, 0.2) is 5.96 Å². The molecule has 2 N–H and O–H groups in total. The largest absolute Gasteiger partial charge is 0.369 e. The molecule has 1 aromatic rings. The van der Waals surface area contributed by atoms with Crippen LogP contribution in [0, 0.1) is 6.92 Å². The van der Waals surface area contributed by atoms with Crippen molar-refractivity contribution in [2.24, 2.45) is 10.7 Å². The van der Waals surface area contributed by atoms with Crippen LogP contribution < -0.4 is 10.6 Å². The highest BCUT2D eigenvalue weighted by atomic mass is 15.4. The third-order valence-corrected chi connectivity index (χ3v) is 4.51. The van der Waals surface area contributed by atoms with Crippen LogP contribution in [0.3, 0.4) is 0 Å². The van der Waals surface area contributed by atoms with Crippen molar-refractivity contribution in [3.05, 3.63) is 29.8 Å². The third-order valence-electron chi connectivity index (χ3n) is 4.51. The van der Waals surface area contributed by atoms with Gasteiger partial charge in [-0.25, -0.2) is 0 Å². The van der Waals surface area contributed by atoms with Gasteiger partial charge in [-0.1, -0.05) is 18.2 Å². The third kappa shape index (κ3) is 2.00. The fraction of sp³-hybridized carbons (Fsp3) is 0.533. The van der Waals surface area contributed by atoms with Crippen LogP contribution in [0.5, 0.6) is 0 Å². The van der Waals surface area contributed by atoms with Gasteiger partial charge in [0, 0.05) is 18.8 Å². The topological polar surface area (TPSA) is 44.9 Å². The van der Waals surface area contributed by atoms with Crippen LogP contribution in [0.25, 0.3) is 0 Å². The van der Waals surface area contributed by atoms with Gasteiger partial charge in [0.2, 0.25) is 0 Å². The molecule has 0 bridgehead atoms. The zero-order valence-corrected chi connectivity index (χ0v) is 11.8. The van der Waals surface area contributed by atoms with Crippen LogP contribution >= 0.6 is 0 Å². The monoisotopic (exact) mass is 258 g/mol. The van der Waals surface area contributed by atoms with Crippen LogP contribution in [0.15, 0.2) is 29.3 Å². The molecule has 4 heteroatoms. The minimum atomic E-state index is 0.0999. The summed E-state index contributed by atoms with van der Waals surface area (Å²) < 4.78 is 0. The zero-order valence-electron chi connectivity index (χ0n) is 11.8. The van der Waals surface area contributed by atoms with E-state index in [-0.39, 0.29) is 5.54 Å². The Hall–Kier alpha value is -1.55. The van der Waals surface area contributed by atoms with Crippen molar-refractivity contribution >= 4 is 11.6 Å². The summed E-state index contributed by atoms with van der Waals surface area (Å²) in [5.41, 5.74) is 8.76. The molecule has 0 amide bonds. The van der Waals surface area contributed by atoms with Crippen molar-refractivity contribution < 1.29 is 0 Å². The van der Waals surface area contributed by atoms with E-state index in [1.807, 2.05) is 0 Å². The molecule has 1 spiro atoms. The Morgan fingerprint density at radius 3 is 2.58 bits per heavy atom. The lowest BCUT2D eigenvalue weighted by Crippen LogP contribution is -2.57. The summed E-state index contributed by atoms with van der Waals surface area (Å²) in [7, 11) is 2.18. The average Bonchev–Trinajstić information content (AvgIpc) is 2.72. The average molecular weight is 258 g/mol. The van der Waals surface area contributed by atoms with Gasteiger partial charge in [-0.2, -0.15) is 0 Å². The molecule has 0 atom stereocenters. The summed E-state index contributed by atoms with van der Waals surface area (Å²) in [5.74, 6) is 0.679. The first-order chi connectivity index (χ1) is 9.12. The number of aliphatic imine (C=N–C) groups is 1. The smallest absolute Gasteiger partial charge is 0.196 e. The van der Waals surface area contributed by atoms with Crippen LogP contribution in [0.1, 0.15) is 18.4 Å². The standard InChI is InChI=1S/C15H22N4/c1-12-5-3-4-6-13(12)19-14(16)17-11-15(19)7-9-18(2)10-8-15/h3-6H,7-11H2,1-2H3,(H2,16,17). The number of hydrogen-bond acceptors (Lipinski definition) is 4. The molecule has 2 aliphatic rings. The normalized spacial score (nSPS) is 22.8. The van der Waals surface area contributed by atoms with Crippen molar-refractivity contribution in [1.29, 1.82) is 0 Å². The minimum Gasteiger partial charge on any atom is -0.369 e. The molecule has 2 aliphatic heterocycles. The van der Waals surface area contributed by atoms with Gasteiger partial charge < -0.3 is 15.5 Å². The lowest BCUT2D eigenvalue weighted by Gasteiger charge is -2.44. The van der Waals surface area contributed by atoms with E-state index in [4.69, 9.17) is 5.73 Å². The fourth-order valence-corrected chi connectivity index (χ4v) is 3.22. The number of para-hydroxylation sites is 1. The summed E-state index contributed by atoms with van der Waals surface area (Å²) in [6, 6.07) is 8.45. The maximum atomic E-state index is 6.18. The first-order valence-electron chi connectivity index (χ1n) is 6.97. The molecule has 19 heavy (non-hydrogen) atoms. The number of benzene rings is 1.